The van der Waals surface area contributed by atoms with Crippen LogP contribution in [0.4, 0.5) is 41.2 Å². The van der Waals surface area contributed by atoms with Crippen LogP contribution in [0, 0.1) is 12.7 Å². The van der Waals surface area contributed by atoms with Crippen molar-refractivity contribution in [3.63, 3.8) is 0 Å². The van der Waals surface area contributed by atoms with E-state index in [-0.39, 0.29) is 16.8 Å². The highest BCUT2D eigenvalue weighted by atomic mass is 19.4. The first-order chi connectivity index (χ1) is 12.9. The van der Waals surface area contributed by atoms with Gasteiger partial charge in [-0.15, -0.1) is 0 Å². The van der Waals surface area contributed by atoms with E-state index in [2.05, 4.69) is 0 Å². The molecule has 0 aliphatic carbocycles. The molecule has 0 heterocycles. The molecule has 0 aliphatic heterocycles. The molecule has 2 N–H and O–H groups in total. The second-order valence-corrected chi connectivity index (χ2v) is 6.10. The molecule has 2 amide bonds. The van der Waals surface area contributed by atoms with E-state index in [0.29, 0.717) is 0 Å². The number of hydrogen-bond donors (Lipinski definition) is 2. The highest BCUT2D eigenvalue weighted by Gasteiger charge is 2.71. The summed E-state index contributed by atoms with van der Waals surface area (Å²) in [6.07, 6.45) is -13.3. The summed E-state index contributed by atoms with van der Waals surface area (Å²) in [4.78, 5) is 12.0. The van der Waals surface area contributed by atoms with E-state index in [9.17, 15) is 35.5 Å². The summed E-state index contributed by atoms with van der Waals surface area (Å²) in [5.41, 5.74) is -4.81. The van der Waals surface area contributed by atoms with Crippen molar-refractivity contribution in [2.45, 2.75) is 31.2 Å². The van der Waals surface area contributed by atoms with Crippen molar-refractivity contribution in [3.05, 3.63) is 65.5 Å². The highest BCUT2D eigenvalue weighted by Crippen LogP contribution is 2.45. The number of aryl methyl sites for hydroxylation is 1. The van der Waals surface area contributed by atoms with Gasteiger partial charge in [0.05, 0.1) is 0 Å². The maximum absolute atomic E-state index is 13.6. The SMILES string of the molecule is Cc1ccc(F)cc1NC(=O)NC(Cc1ccccc1)(C(F)(F)F)C(F)(F)F. The van der Waals surface area contributed by atoms with E-state index in [0.717, 1.165) is 29.6 Å². The van der Waals surface area contributed by atoms with Crippen molar-refractivity contribution >= 4 is 11.7 Å². The van der Waals surface area contributed by atoms with Crippen LogP contribution in [-0.4, -0.2) is 23.9 Å². The number of hydrogen-bond acceptors (Lipinski definition) is 1. The van der Waals surface area contributed by atoms with Crippen molar-refractivity contribution in [1.82, 2.24) is 5.32 Å². The fraction of sp³-hybridized carbons (Fsp3) is 0.278. The molecule has 0 radical (unpaired) electrons. The van der Waals surface area contributed by atoms with Gasteiger partial charge in [0, 0.05) is 12.1 Å². The first-order valence-electron chi connectivity index (χ1n) is 7.88. The van der Waals surface area contributed by atoms with Gasteiger partial charge in [-0.05, 0) is 30.2 Å². The zero-order valence-electron chi connectivity index (χ0n) is 14.4. The molecule has 0 aromatic heterocycles. The average Bonchev–Trinajstić information content (AvgIpc) is 2.56. The number of rotatable bonds is 4. The Morgan fingerprint density at radius 2 is 1.50 bits per heavy atom. The standard InChI is InChI=1S/C18H15F7N2O/c1-11-7-8-13(19)9-14(11)26-15(28)27-16(17(20,21)22,18(23,24)25)10-12-5-3-2-4-6-12/h2-9H,10H2,1H3,(H2,26,27,28). The molecule has 0 spiro atoms. The quantitative estimate of drug-likeness (QED) is 0.657. The van der Waals surface area contributed by atoms with Gasteiger partial charge in [-0.3, -0.25) is 0 Å². The van der Waals surface area contributed by atoms with Gasteiger partial charge in [-0.25, -0.2) is 9.18 Å². The zero-order valence-corrected chi connectivity index (χ0v) is 14.4. The first kappa shape index (κ1) is 21.5. The summed E-state index contributed by atoms with van der Waals surface area (Å²) in [5.74, 6) is -0.817. The van der Waals surface area contributed by atoms with Crippen LogP contribution in [0.15, 0.2) is 48.5 Å². The van der Waals surface area contributed by atoms with Crippen LogP contribution in [0.3, 0.4) is 0 Å². The molecular formula is C18H15F7N2O. The summed E-state index contributed by atoms with van der Waals surface area (Å²) >= 11 is 0. The molecule has 10 heteroatoms. The third kappa shape index (κ3) is 4.55. The predicted octanol–water partition coefficient (Wildman–Crippen LogP) is 5.36. The lowest BCUT2D eigenvalue weighted by atomic mass is 9.89. The molecule has 0 fully saturated rings. The summed E-state index contributed by atoms with van der Waals surface area (Å²) in [7, 11) is 0. The van der Waals surface area contributed by atoms with Gasteiger partial charge in [0.25, 0.3) is 0 Å². The van der Waals surface area contributed by atoms with E-state index < -0.39 is 36.2 Å². The van der Waals surface area contributed by atoms with Gasteiger partial charge in [0.1, 0.15) is 5.82 Å². The van der Waals surface area contributed by atoms with Gasteiger partial charge in [-0.1, -0.05) is 36.4 Å². The topological polar surface area (TPSA) is 41.1 Å². The molecule has 28 heavy (non-hydrogen) atoms. The first-order valence-corrected chi connectivity index (χ1v) is 7.88. The largest absolute Gasteiger partial charge is 0.420 e. The number of nitrogens with one attached hydrogen (secondary N) is 2. The van der Waals surface area contributed by atoms with Gasteiger partial charge in [0.2, 0.25) is 5.54 Å². The van der Waals surface area contributed by atoms with Crippen LogP contribution >= 0.6 is 0 Å². The number of halogens is 7. The predicted molar refractivity (Wildman–Crippen MR) is 88.3 cm³/mol. The van der Waals surface area contributed by atoms with Gasteiger partial charge in [-0.2, -0.15) is 26.3 Å². The summed E-state index contributed by atoms with van der Waals surface area (Å²) in [6, 6.07) is 7.43. The monoisotopic (exact) mass is 408 g/mol. The Kier molecular flexibility index (Phi) is 5.91. The summed E-state index contributed by atoms with van der Waals surface area (Å²) < 4.78 is 94.7. The maximum atomic E-state index is 13.6. The third-order valence-corrected chi connectivity index (χ3v) is 4.05. The molecule has 0 saturated carbocycles. The molecule has 0 aliphatic rings. The minimum absolute atomic E-state index is 0.254. The van der Waals surface area contributed by atoms with E-state index in [4.69, 9.17) is 0 Å². The van der Waals surface area contributed by atoms with E-state index in [1.165, 1.54) is 31.2 Å². The summed E-state index contributed by atoms with van der Waals surface area (Å²) in [5, 5.41) is 2.88. The van der Waals surface area contributed by atoms with Gasteiger partial charge in [0.15, 0.2) is 0 Å². The van der Waals surface area contributed by atoms with E-state index >= 15 is 0 Å². The molecule has 2 aromatic rings. The molecule has 0 bridgehead atoms. The lowest BCUT2D eigenvalue weighted by molar-refractivity contribution is -0.303. The maximum Gasteiger partial charge on any atom is 0.420 e. The van der Waals surface area contributed by atoms with Crippen molar-refractivity contribution < 1.29 is 35.5 Å². The average molecular weight is 408 g/mol. The Balaban J connectivity index is 2.41. The smallest absolute Gasteiger partial charge is 0.316 e. The minimum Gasteiger partial charge on any atom is -0.316 e. The van der Waals surface area contributed by atoms with E-state index in [1.807, 2.05) is 5.32 Å². The van der Waals surface area contributed by atoms with E-state index in [1.54, 1.807) is 0 Å². The molecule has 0 atom stereocenters. The number of urea groups is 1. The fourth-order valence-corrected chi connectivity index (χ4v) is 2.53. The number of benzene rings is 2. The van der Waals surface area contributed by atoms with Crippen LogP contribution in [0.1, 0.15) is 11.1 Å². The number of alkyl halides is 6. The minimum atomic E-state index is -5.85. The molecule has 3 nitrogen and oxygen atoms in total. The fourth-order valence-electron chi connectivity index (χ4n) is 2.53. The number of carbonyl (C=O) groups excluding carboxylic acids is 1. The molecule has 2 rings (SSSR count). The Bertz CT molecular complexity index is 818. The molecular weight excluding hydrogens is 393 g/mol. The lowest BCUT2D eigenvalue weighted by Gasteiger charge is -2.38. The number of carbonyl (C=O) groups is 1. The molecule has 152 valence electrons. The highest BCUT2D eigenvalue weighted by molar-refractivity contribution is 5.90. The number of anilines is 1. The van der Waals surface area contributed by atoms with Crippen LogP contribution in [0.5, 0.6) is 0 Å². The third-order valence-electron chi connectivity index (χ3n) is 4.05. The second kappa shape index (κ2) is 7.69. The van der Waals surface area contributed by atoms with Crippen molar-refractivity contribution in [2.24, 2.45) is 0 Å². The Morgan fingerprint density at radius 3 is 2.04 bits per heavy atom. The van der Waals surface area contributed by atoms with Gasteiger partial charge < -0.3 is 10.6 Å². The Morgan fingerprint density at radius 1 is 0.929 bits per heavy atom. The lowest BCUT2D eigenvalue weighted by Crippen LogP contribution is -2.69. The summed E-state index contributed by atoms with van der Waals surface area (Å²) in [6.45, 7) is 1.40. The second-order valence-electron chi connectivity index (χ2n) is 6.10. The Hall–Kier alpha value is -2.78. The normalized spacial score (nSPS) is 12.6. The van der Waals surface area contributed by atoms with Crippen LogP contribution in [0.25, 0.3) is 0 Å². The molecule has 2 aromatic carbocycles. The molecule has 0 saturated heterocycles. The van der Waals surface area contributed by atoms with Crippen LogP contribution in [0.2, 0.25) is 0 Å². The van der Waals surface area contributed by atoms with Crippen molar-refractivity contribution in [2.75, 3.05) is 5.32 Å². The van der Waals surface area contributed by atoms with Crippen molar-refractivity contribution in [1.29, 1.82) is 0 Å². The van der Waals surface area contributed by atoms with Crippen molar-refractivity contribution in [3.8, 4) is 0 Å². The van der Waals surface area contributed by atoms with Crippen LogP contribution in [-0.2, 0) is 6.42 Å². The Labute approximate surface area is 155 Å². The van der Waals surface area contributed by atoms with Gasteiger partial charge >= 0.3 is 18.4 Å². The molecule has 0 unspecified atom stereocenters. The number of amides is 2. The zero-order chi connectivity index (χ0) is 21.2. The van der Waals surface area contributed by atoms with Crippen LogP contribution < -0.4 is 10.6 Å².